The Hall–Kier alpha value is -3.40. The Labute approximate surface area is 249 Å². The van der Waals surface area contributed by atoms with Crippen molar-refractivity contribution in [1.82, 2.24) is 19.9 Å². The van der Waals surface area contributed by atoms with Crippen molar-refractivity contribution in [3.63, 3.8) is 0 Å². The minimum atomic E-state index is -3.43. The summed E-state index contributed by atoms with van der Waals surface area (Å²) in [5.74, 6) is -3.85. The zero-order valence-corrected chi connectivity index (χ0v) is 24.9. The van der Waals surface area contributed by atoms with Gasteiger partial charge in [0.25, 0.3) is 0 Å². The molecule has 6 rings (SSSR count). The summed E-state index contributed by atoms with van der Waals surface area (Å²) >= 11 is 1.38. The van der Waals surface area contributed by atoms with E-state index in [2.05, 4.69) is 25.6 Å². The van der Waals surface area contributed by atoms with Crippen molar-refractivity contribution in [2.75, 3.05) is 22.6 Å². The fraction of sp³-hybridized carbons (Fsp3) is 0.429. The van der Waals surface area contributed by atoms with Gasteiger partial charge in [0.05, 0.1) is 27.4 Å². The molecule has 0 saturated heterocycles. The van der Waals surface area contributed by atoms with Crippen LogP contribution in [0.3, 0.4) is 0 Å². The van der Waals surface area contributed by atoms with Gasteiger partial charge in [0.15, 0.2) is 5.72 Å². The Morgan fingerprint density at radius 3 is 2.51 bits per heavy atom. The number of aryl methyl sites for hydroxylation is 1. The van der Waals surface area contributed by atoms with Gasteiger partial charge in [0, 0.05) is 48.5 Å². The molecule has 0 spiro atoms. The fourth-order valence-corrected chi connectivity index (χ4v) is 7.74. The average Bonchev–Trinajstić information content (AvgIpc) is 3.61. The second-order valence-corrected chi connectivity index (χ2v) is 14.5. The molecule has 0 bridgehead atoms. The molecule has 3 heterocycles. The SMILES string of the molecule is Cc1nc(NCc2c(F)cc(F)cc2F)nc(NC2(O)CCC(CS(C)(=O)=O)C2O)c1-c1nc2c(C3CC3)nccc2s1. The molecule has 43 heavy (non-hydrogen) atoms. The monoisotopic (exact) mass is 634 g/mol. The van der Waals surface area contributed by atoms with Crippen molar-refractivity contribution in [1.29, 1.82) is 0 Å². The number of pyridine rings is 1. The number of aliphatic hydroxyl groups excluding tert-OH is 1. The van der Waals surface area contributed by atoms with Crippen molar-refractivity contribution >= 4 is 43.2 Å². The molecule has 2 saturated carbocycles. The van der Waals surface area contributed by atoms with E-state index in [0.717, 1.165) is 35.0 Å². The van der Waals surface area contributed by atoms with Crippen LogP contribution in [0.25, 0.3) is 20.8 Å². The van der Waals surface area contributed by atoms with Gasteiger partial charge in [-0.1, -0.05) is 0 Å². The highest BCUT2D eigenvalue weighted by atomic mass is 32.2. The van der Waals surface area contributed by atoms with Crippen molar-refractivity contribution in [2.24, 2.45) is 5.92 Å². The number of anilines is 2. The summed E-state index contributed by atoms with van der Waals surface area (Å²) in [7, 11) is -3.43. The normalized spacial score (nSPS) is 22.3. The summed E-state index contributed by atoms with van der Waals surface area (Å²) in [6.45, 7) is 1.27. The summed E-state index contributed by atoms with van der Waals surface area (Å²) in [6.07, 6.45) is 3.70. The zero-order chi connectivity index (χ0) is 30.7. The van der Waals surface area contributed by atoms with E-state index in [9.17, 15) is 31.8 Å². The van der Waals surface area contributed by atoms with Crippen LogP contribution in [-0.2, 0) is 16.4 Å². The molecule has 228 valence electrons. The molecule has 1 aromatic carbocycles. The minimum absolute atomic E-state index is 0.0290. The van der Waals surface area contributed by atoms with Gasteiger partial charge < -0.3 is 20.8 Å². The first-order chi connectivity index (χ1) is 20.3. The van der Waals surface area contributed by atoms with Crippen LogP contribution in [0.5, 0.6) is 0 Å². The first-order valence-corrected chi connectivity index (χ1v) is 16.6. The second kappa shape index (κ2) is 10.9. The van der Waals surface area contributed by atoms with E-state index < -0.39 is 57.1 Å². The lowest BCUT2D eigenvalue weighted by Crippen LogP contribution is -2.48. The average molecular weight is 635 g/mol. The molecule has 10 nitrogen and oxygen atoms in total. The number of benzene rings is 1. The molecular formula is C28H29F3N6O4S2. The molecule has 0 radical (unpaired) electrons. The molecule has 2 aliphatic rings. The lowest BCUT2D eigenvalue weighted by atomic mass is 10.0. The number of hydrogen-bond acceptors (Lipinski definition) is 11. The maximum Gasteiger partial charge on any atom is 0.225 e. The molecule has 2 aliphatic carbocycles. The first-order valence-electron chi connectivity index (χ1n) is 13.7. The van der Waals surface area contributed by atoms with E-state index in [4.69, 9.17) is 4.98 Å². The third-order valence-corrected chi connectivity index (χ3v) is 9.89. The molecule has 3 atom stereocenters. The Morgan fingerprint density at radius 1 is 1.12 bits per heavy atom. The van der Waals surface area contributed by atoms with E-state index in [-0.39, 0.29) is 30.4 Å². The predicted octanol–water partition coefficient (Wildman–Crippen LogP) is 4.28. The standard InChI is InChI=1S/C28H29F3N6O4S2/c1-13-21(26-35-23-20(42-26)6-8-32-22(23)14-3-4-14)25(37-28(39)7-5-15(24(28)38)12-43(2,40)41)36-27(34-13)33-11-17-18(30)9-16(29)10-19(17)31/h6,8-10,14-15,24,38-39H,3-5,7,11-12H2,1-2H3,(H2,33,34,36,37). The van der Waals surface area contributed by atoms with Crippen LogP contribution < -0.4 is 10.6 Å². The third-order valence-electron chi connectivity index (χ3n) is 7.82. The van der Waals surface area contributed by atoms with E-state index in [0.29, 0.717) is 34.3 Å². The van der Waals surface area contributed by atoms with E-state index in [1.54, 1.807) is 13.1 Å². The minimum Gasteiger partial charge on any atom is -0.388 e. The number of aromatic nitrogens is 4. The van der Waals surface area contributed by atoms with Crippen molar-refractivity contribution in [2.45, 2.75) is 56.9 Å². The number of aliphatic hydroxyl groups is 2. The number of fused-ring (bicyclic) bond motifs is 1. The number of nitrogens with zero attached hydrogens (tertiary/aromatic N) is 4. The Kier molecular flexibility index (Phi) is 7.55. The Balaban J connectivity index is 1.39. The van der Waals surface area contributed by atoms with Gasteiger partial charge in [-0.2, -0.15) is 4.98 Å². The maximum atomic E-state index is 14.3. The smallest absolute Gasteiger partial charge is 0.225 e. The molecule has 2 fully saturated rings. The van der Waals surface area contributed by atoms with Gasteiger partial charge in [-0.05, 0) is 38.7 Å². The van der Waals surface area contributed by atoms with Crippen LogP contribution in [-0.4, -0.2) is 62.4 Å². The molecule has 4 N–H and O–H groups in total. The van der Waals surface area contributed by atoms with E-state index >= 15 is 0 Å². The van der Waals surface area contributed by atoms with Crippen LogP contribution in [0.15, 0.2) is 24.4 Å². The number of hydrogen-bond donors (Lipinski definition) is 4. The quantitative estimate of drug-likeness (QED) is 0.197. The lowest BCUT2D eigenvalue weighted by molar-refractivity contribution is -0.0442. The summed E-state index contributed by atoms with van der Waals surface area (Å²) in [6, 6.07) is 3.01. The number of thiazole rings is 1. The topological polar surface area (TPSA) is 150 Å². The Bertz CT molecular complexity index is 1810. The highest BCUT2D eigenvalue weighted by Crippen LogP contribution is 2.45. The molecule has 15 heteroatoms. The van der Waals surface area contributed by atoms with Crippen LogP contribution in [0.1, 0.15) is 48.6 Å². The number of sulfone groups is 1. The van der Waals surface area contributed by atoms with Crippen molar-refractivity contribution in [3.8, 4) is 10.6 Å². The first kappa shape index (κ1) is 29.7. The van der Waals surface area contributed by atoms with Gasteiger partial charge in [0.2, 0.25) is 5.95 Å². The molecule has 4 aromatic rings. The molecule has 0 aliphatic heterocycles. The molecule has 0 amide bonds. The van der Waals surface area contributed by atoms with Gasteiger partial charge in [-0.3, -0.25) is 4.98 Å². The maximum absolute atomic E-state index is 14.3. The van der Waals surface area contributed by atoms with Gasteiger partial charge >= 0.3 is 0 Å². The summed E-state index contributed by atoms with van der Waals surface area (Å²) in [5.41, 5.74) is 0.148. The van der Waals surface area contributed by atoms with E-state index in [1.165, 1.54) is 11.3 Å². The van der Waals surface area contributed by atoms with E-state index in [1.807, 2.05) is 6.07 Å². The number of rotatable bonds is 9. The molecule has 3 unspecified atom stereocenters. The number of nitrogens with one attached hydrogen (secondary N) is 2. The zero-order valence-electron chi connectivity index (χ0n) is 23.2. The van der Waals surface area contributed by atoms with Gasteiger partial charge in [0.1, 0.15) is 49.7 Å². The second-order valence-electron chi connectivity index (χ2n) is 11.3. The fourth-order valence-electron chi connectivity index (χ4n) is 5.55. The lowest BCUT2D eigenvalue weighted by Gasteiger charge is -2.31. The summed E-state index contributed by atoms with van der Waals surface area (Å²) in [5, 5.41) is 28.7. The summed E-state index contributed by atoms with van der Waals surface area (Å²) in [4.78, 5) is 18.3. The van der Waals surface area contributed by atoms with Crippen LogP contribution in [0.2, 0.25) is 0 Å². The van der Waals surface area contributed by atoms with Crippen LogP contribution in [0, 0.1) is 30.3 Å². The highest BCUT2D eigenvalue weighted by molar-refractivity contribution is 7.90. The molecular weight excluding hydrogens is 605 g/mol. The van der Waals surface area contributed by atoms with Gasteiger partial charge in [-0.15, -0.1) is 11.3 Å². The van der Waals surface area contributed by atoms with Crippen molar-refractivity contribution in [3.05, 3.63) is 58.8 Å². The summed E-state index contributed by atoms with van der Waals surface area (Å²) < 4.78 is 66.7. The largest absolute Gasteiger partial charge is 0.388 e. The molecule has 3 aromatic heterocycles. The van der Waals surface area contributed by atoms with Gasteiger partial charge in [-0.25, -0.2) is 31.6 Å². The van der Waals surface area contributed by atoms with Crippen LogP contribution in [0.4, 0.5) is 24.9 Å². The van der Waals surface area contributed by atoms with Crippen molar-refractivity contribution < 1.29 is 31.8 Å². The predicted molar refractivity (Wildman–Crippen MR) is 156 cm³/mol. The highest BCUT2D eigenvalue weighted by Gasteiger charge is 2.48. The third kappa shape index (κ3) is 6.03. The Morgan fingerprint density at radius 2 is 1.84 bits per heavy atom. The van der Waals surface area contributed by atoms with Crippen LogP contribution >= 0.6 is 11.3 Å². The number of halogens is 3.